The fourth-order valence-corrected chi connectivity index (χ4v) is 3.21. The van der Waals surface area contributed by atoms with Crippen molar-refractivity contribution >= 4 is 17.6 Å². The second-order valence-electron chi connectivity index (χ2n) is 5.09. The Labute approximate surface area is 113 Å². The number of hydrogen-bond donors (Lipinski definition) is 1. The lowest BCUT2D eigenvalue weighted by atomic mass is 9.81. The Hall–Kier alpha value is -1.02. The van der Waals surface area contributed by atoms with E-state index < -0.39 is 11.9 Å². The molecule has 1 aromatic carbocycles. The van der Waals surface area contributed by atoms with E-state index in [2.05, 4.69) is 0 Å². The van der Waals surface area contributed by atoms with E-state index >= 15 is 0 Å². The molecule has 0 heterocycles. The van der Waals surface area contributed by atoms with Crippen LogP contribution in [0, 0.1) is 5.92 Å². The first kappa shape index (κ1) is 13.4. The monoisotopic (exact) mass is 266 g/mol. The Balaban J connectivity index is 2.27. The van der Waals surface area contributed by atoms with Gasteiger partial charge in [-0.1, -0.05) is 55.5 Å². The molecule has 1 aromatic rings. The van der Waals surface area contributed by atoms with E-state index in [9.17, 15) is 9.90 Å². The first-order valence-electron chi connectivity index (χ1n) is 6.67. The molecular weight excluding hydrogens is 248 g/mol. The van der Waals surface area contributed by atoms with Crippen LogP contribution < -0.4 is 0 Å². The minimum atomic E-state index is -0.741. The van der Waals surface area contributed by atoms with Crippen LogP contribution in [0.4, 0.5) is 0 Å². The molecule has 1 unspecified atom stereocenters. The van der Waals surface area contributed by atoms with E-state index in [0.717, 1.165) is 31.2 Å². The van der Waals surface area contributed by atoms with Gasteiger partial charge in [0, 0.05) is 5.02 Å². The third-order valence-electron chi connectivity index (χ3n) is 3.88. The standard InChI is InChI=1S/C15H19ClO2/c16-13-10-6-5-9-12(13)14(15(17)18)11-7-3-1-2-4-8-11/h5-6,9-11,14H,1-4,7-8H2,(H,17,18). The molecule has 1 atom stereocenters. The van der Waals surface area contributed by atoms with E-state index in [-0.39, 0.29) is 5.92 Å². The largest absolute Gasteiger partial charge is 0.481 e. The summed E-state index contributed by atoms with van der Waals surface area (Å²) in [7, 11) is 0. The predicted octanol–water partition coefficient (Wildman–Crippen LogP) is 4.48. The van der Waals surface area contributed by atoms with Gasteiger partial charge in [0.1, 0.15) is 0 Å². The van der Waals surface area contributed by atoms with Crippen LogP contribution in [0.2, 0.25) is 5.02 Å². The summed E-state index contributed by atoms with van der Waals surface area (Å²) < 4.78 is 0. The third kappa shape index (κ3) is 3.05. The maximum Gasteiger partial charge on any atom is 0.311 e. The number of halogens is 1. The van der Waals surface area contributed by atoms with Crippen molar-refractivity contribution in [3.63, 3.8) is 0 Å². The fraction of sp³-hybridized carbons (Fsp3) is 0.533. The van der Waals surface area contributed by atoms with E-state index in [0.29, 0.717) is 5.02 Å². The maximum atomic E-state index is 11.6. The lowest BCUT2D eigenvalue weighted by molar-refractivity contribution is -0.140. The van der Waals surface area contributed by atoms with Crippen molar-refractivity contribution in [2.45, 2.75) is 44.4 Å². The minimum Gasteiger partial charge on any atom is -0.481 e. The molecule has 1 fully saturated rings. The molecule has 0 saturated heterocycles. The molecule has 1 saturated carbocycles. The van der Waals surface area contributed by atoms with Gasteiger partial charge >= 0.3 is 5.97 Å². The fourth-order valence-electron chi connectivity index (χ4n) is 2.96. The zero-order valence-electron chi connectivity index (χ0n) is 10.4. The molecule has 1 aliphatic carbocycles. The highest BCUT2D eigenvalue weighted by Crippen LogP contribution is 2.37. The summed E-state index contributed by atoms with van der Waals surface area (Å²) in [4.78, 5) is 11.6. The van der Waals surface area contributed by atoms with Crippen LogP contribution in [-0.4, -0.2) is 11.1 Å². The van der Waals surface area contributed by atoms with Gasteiger partial charge in [-0.2, -0.15) is 0 Å². The summed E-state index contributed by atoms with van der Waals surface area (Å²) in [6.07, 6.45) is 6.74. The van der Waals surface area contributed by atoms with Gasteiger partial charge in [-0.25, -0.2) is 0 Å². The Bertz CT molecular complexity index is 409. The van der Waals surface area contributed by atoms with Crippen LogP contribution in [-0.2, 0) is 4.79 Å². The highest BCUT2D eigenvalue weighted by Gasteiger charge is 2.31. The van der Waals surface area contributed by atoms with E-state index in [4.69, 9.17) is 11.6 Å². The van der Waals surface area contributed by atoms with Crippen molar-refractivity contribution < 1.29 is 9.90 Å². The van der Waals surface area contributed by atoms with Gasteiger partial charge in [-0.15, -0.1) is 0 Å². The van der Waals surface area contributed by atoms with Crippen molar-refractivity contribution in [2.24, 2.45) is 5.92 Å². The highest BCUT2D eigenvalue weighted by molar-refractivity contribution is 6.31. The number of benzene rings is 1. The van der Waals surface area contributed by atoms with Crippen LogP contribution >= 0.6 is 11.6 Å². The molecule has 0 spiro atoms. The molecule has 2 nitrogen and oxygen atoms in total. The molecule has 1 N–H and O–H groups in total. The Morgan fingerprint density at radius 2 is 1.78 bits per heavy atom. The molecule has 0 radical (unpaired) electrons. The average Bonchev–Trinajstić information content (AvgIpc) is 2.60. The molecule has 98 valence electrons. The SMILES string of the molecule is O=C(O)C(c1ccccc1Cl)C1CCCCCC1. The number of carboxylic acid groups (broad SMARTS) is 1. The lowest BCUT2D eigenvalue weighted by Gasteiger charge is -2.23. The molecule has 2 rings (SSSR count). The molecule has 0 bridgehead atoms. The number of aliphatic carboxylic acids is 1. The summed E-state index contributed by atoms with van der Waals surface area (Å²) >= 11 is 6.16. The topological polar surface area (TPSA) is 37.3 Å². The molecule has 3 heteroatoms. The summed E-state index contributed by atoms with van der Waals surface area (Å²) in [6, 6.07) is 7.35. The van der Waals surface area contributed by atoms with Crippen molar-refractivity contribution in [1.29, 1.82) is 0 Å². The lowest BCUT2D eigenvalue weighted by Crippen LogP contribution is -2.21. The van der Waals surface area contributed by atoms with Crippen molar-refractivity contribution in [2.75, 3.05) is 0 Å². The third-order valence-corrected chi connectivity index (χ3v) is 4.22. The molecule has 18 heavy (non-hydrogen) atoms. The molecule has 0 aliphatic heterocycles. The quantitative estimate of drug-likeness (QED) is 0.819. The second-order valence-corrected chi connectivity index (χ2v) is 5.50. The predicted molar refractivity (Wildman–Crippen MR) is 73.0 cm³/mol. The summed E-state index contributed by atoms with van der Waals surface area (Å²) in [5.74, 6) is -0.961. The van der Waals surface area contributed by atoms with Crippen LogP contribution in [0.1, 0.15) is 50.0 Å². The van der Waals surface area contributed by atoms with Crippen molar-refractivity contribution in [1.82, 2.24) is 0 Å². The number of carbonyl (C=O) groups is 1. The van der Waals surface area contributed by atoms with Crippen LogP contribution in [0.3, 0.4) is 0 Å². The first-order valence-corrected chi connectivity index (χ1v) is 7.05. The van der Waals surface area contributed by atoms with E-state index in [1.807, 2.05) is 18.2 Å². The molecular formula is C15H19ClO2. The van der Waals surface area contributed by atoms with Crippen LogP contribution in [0.15, 0.2) is 24.3 Å². The average molecular weight is 267 g/mol. The van der Waals surface area contributed by atoms with Crippen molar-refractivity contribution in [3.8, 4) is 0 Å². The molecule has 1 aliphatic rings. The Morgan fingerprint density at radius 1 is 1.17 bits per heavy atom. The van der Waals surface area contributed by atoms with Gasteiger partial charge in [-0.3, -0.25) is 4.79 Å². The van der Waals surface area contributed by atoms with Crippen LogP contribution in [0.5, 0.6) is 0 Å². The maximum absolute atomic E-state index is 11.6. The van der Waals surface area contributed by atoms with Gasteiger partial charge in [0.05, 0.1) is 5.92 Å². The Morgan fingerprint density at radius 3 is 2.33 bits per heavy atom. The normalized spacial score (nSPS) is 19.2. The first-order chi connectivity index (χ1) is 8.70. The summed E-state index contributed by atoms with van der Waals surface area (Å²) in [5, 5.41) is 10.1. The summed E-state index contributed by atoms with van der Waals surface area (Å²) in [5.41, 5.74) is 0.776. The zero-order chi connectivity index (χ0) is 13.0. The minimum absolute atomic E-state index is 0.227. The number of rotatable bonds is 3. The van der Waals surface area contributed by atoms with Gasteiger partial charge in [0.15, 0.2) is 0 Å². The zero-order valence-corrected chi connectivity index (χ0v) is 11.2. The van der Waals surface area contributed by atoms with Gasteiger partial charge in [0.2, 0.25) is 0 Å². The van der Waals surface area contributed by atoms with E-state index in [1.54, 1.807) is 6.07 Å². The second kappa shape index (κ2) is 6.24. The molecule has 0 amide bonds. The van der Waals surface area contributed by atoms with E-state index in [1.165, 1.54) is 12.8 Å². The van der Waals surface area contributed by atoms with Gasteiger partial charge < -0.3 is 5.11 Å². The highest BCUT2D eigenvalue weighted by atomic mass is 35.5. The smallest absolute Gasteiger partial charge is 0.311 e. The Kier molecular flexibility index (Phi) is 4.65. The summed E-state index contributed by atoms with van der Waals surface area (Å²) in [6.45, 7) is 0. The number of carboxylic acids is 1. The number of hydrogen-bond acceptors (Lipinski definition) is 1. The van der Waals surface area contributed by atoms with Crippen LogP contribution in [0.25, 0.3) is 0 Å². The van der Waals surface area contributed by atoms with Gasteiger partial charge in [0.25, 0.3) is 0 Å². The molecule has 0 aromatic heterocycles. The van der Waals surface area contributed by atoms with Gasteiger partial charge in [-0.05, 0) is 30.4 Å². The van der Waals surface area contributed by atoms with Crippen molar-refractivity contribution in [3.05, 3.63) is 34.9 Å².